The summed E-state index contributed by atoms with van der Waals surface area (Å²) in [5, 5.41) is 6.77. The SMILES string of the molecule is CCNC(=NCCCOC)NC1CCN(C(=O)C2CCCCC2)C1. The number of carbonyl (C=O) groups is 1. The standard InChI is InChI=1S/C18H34N4O2/c1-3-19-18(20-11-7-13-24-2)21-16-10-12-22(14-16)17(23)15-8-5-4-6-9-15/h15-16H,3-14H2,1-2H3,(H2,19,20,21). The van der Waals surface area contributed by atoms with E-state index in [1.807, 2.05) is 0 Å². The summed E-state index contributed by atoms with van der Waals surface area (Å²) in [5.74, 6) is 1.50. The van der Waals surface area contributed by atoms with E-state index in [2.05, 4.69) is 27.4 Å². The molecule has 1 atom stereocenters. The van der Waals surface area contributed by atoms with E-state index in [-0.39, 0.29) is 5.92 Å². The second-order valence-corrected chi connectivity index (χ2v) is 6.86. The Morgan fingerprint density at radius 3 is 2.75 bits per heavy atom. The molecule has 0 aromatic rings. The van der Waals surface area contributed by atoms with E-state index in [0.29, 0.717) is 11.9 Å². The molecule has 1 heterocycles. The summed E-state index contributed by atoms with van der Waals surface area (Å²) in [5.41, 5.74) is 0. The molecule has 6 nitrogen and oxygen atoms in total. The third-order valence-electron chi connectivity index (χ3n) is 4.92. The molecule has 1 saturated heterocycles. The van der Waals surface area contributed by atoms with E-state index in [0.717, 1.165) is 64.4 Å². The fourth-order valence-corrected chi connectivity index (χ4v) is 3.60. The summed E-state index contributed by atoms with van der Waals surface area (Å²) in [6.07, 6.45) is 7.80. The van der Waals surface area contributed by atoms with Crippen LogP contribution in [0.3, 0.4) is 0 Å². The van der Waals surface area contributed by atoms with Crippen LogP contribution in [-0.2, 0) is 9.53 Å². The van der Waals surface area contributed by atoms with E-state index in [1.54, 1.807) is 7.11 Å². The van der Waals surface area contributed by atoms with Gasteiger partial charge in [-0.25, -0.2) is 0 Å². The zero-order valence-corrected chi connectivity index (χ0v) is 15.4. The molecule has 1 aliphatic carbocycles. The fourth-order valence-electron chi connectivity index (χ4n) is 3.60. The van der Waals surface area contributed by atoms with Crippen LogP contribution in [0.1, 0.15) is 51.9 Å². The first-order valence-electron chi connectivity index (χ1n) is 9.57. The molecular weight excluding hydrogens is 304 g/mol. The lowest BCUT2D eigenvalue weighted by Gasteiger charge is -2.26. The summed E-state index contributed by atoms with van der Waals surface area (Å²) in [6, 6.07) is 0.303. The molecule has 138 valence electrons. The predicted octanol–water partition coefficient (Wildman–Crippen LogP) is 1.76. The number of aliphatic imine (C=N–C) groups is 1. The molecule has 1 amide bonds. The lowest BCUT2D eigenvalue weighted by Crippen LogP contribution is -2.45. The number of hydrogen-bond donors (Lipinski definition) is 2. The topological polar surface area (TPSA) is 66.0 Å². The van der Waals surface area contributed by atoms with Crippen LogP contribution in [0.15, 0.2) is 4.99 Å². The molecule has 0 aromatic heterocycles. The van der Waals surface area contributed by atoms with Crippen molar-refractivity contribution in [3.05, 3.63) is 0 Å². The van der Waals surface area contributed by atoms with Crippen molar-refractivity contribution in [2.24, 2.45) is 10.9 Å². The van der Waals surface area contributed by atoms with E-state index < -0.39 is 0 Å². The maximum atomic E-state index is 12.6. The van der Waals surface area contributed by atoms with Crippen molar-refractivity contribution < 1.29 is 9.53 Å². The van der Waals surface area contributed by atoms with Crippen molar-refractivity contribution in [3.63, 3.8) is 0 Å². The van der Waals surface area contributed by atoms with Crippen molar-refractivity contribution in [2.45, 2.75) is 57.9 Å². The molecular formula is C18H34N4O2. The van der Waals surface area contributed by atoms with Gasteiger partial charge >= 0.3 is 0 Å². The van der Waals surface area contributed by atoms with Gasteiger partial charge in [0.15, 0.2) is 5.96 Å². The fraction of sp³-hybridized carbons (Fsp3) is 0.889. The van der Waals surface area contributed by atoms with Crippen LogP contribution in [0.5, 0.6) is 0 Å². The van der Waals surface area contributed by atoms with Crippen molar-refractivity contribution >= 4 is 11.9 Å². The van der Waals surface area contributed by atoms with E-state index in [4.69, 9.17) is 4.74 Å². The highest BCUT2D eigenvalue weighted by atomic mass is 16.5. The molecule has 24 heavy (non-hydrogen) atoms. The maximum absolute atomic E-state index is 12.6. The number of nitrogens with one attached hydrogen (secondary N) is 2. The lowest BCUT2D eigenvalue weighted by atomic mass is 9.88. The zero-order chi connectivity index (χ0) is 17.2. The minimum Gasteiger partial charge on any atom is -0.385 e. The lowest BCUT2D eigenvalue weighted by molar-refractivity contribution is -0.135. The Morgan fingerprint density at radius 1 is 1.25 bits per heavy atom. The van der Waals surface area contributed by atoms with E-state index >= 15 is 0 Å². The Bertz CT molecular complexity index is 408. The number of hydrogen-bond acceptors (Lipinski definition) is 3. The highest BCUT2D eigenvalue weighted by Gasteiger charge is 2.31. The maximum Gasteiger partial charge on any atom is 0.225 e. The summed E-state index contributed by atoms with van der Waals surface area (Å²) in [4.78, 5) is 19.3. The molecule has 6 heteroatoms. The number of nitrogens with zero attached hydrogens (tertiary/aromatic N) is 2. The van der Waals surface area contributed by atoms with Crippen molar-refractivity contribution in [3.8, 4) is 0 Å². The van der Waals surface area contributed by atoms with Gasteiger partial charge in [0, 0.05) is 51.9 Å². The van der Waals surface area contributed by atoms with Gasteiger partial charge in [-0.15, -0.1) is 0 Å². The van der Waals surface area contributed by atoms with Crippen molar-refractivity contribution in [1.82, 2.24) is 15.5 Å². The predicted molar refractivity (Wildman–Crippen MR) is 97.2 cm³/mol. The largest absolute Gasteiger partial charge is 0.385 e. The number of amides is 1. The van der Waals surface area contributed by atoms with Gasteiger partial charge in [0.25, 0.3) is 0 Å². The molecule has 2 N–H and O–H groups in total. The molecule has 0 radical (unpaired) electrons. The first-order chi connectivity index (χ1) is 11.7. The quantitative estimate of drug-likeness (QED) is 0.422. The first kappa shape index (κ1) is 19.0. The van der Waals surface area contributed by atoms with Gasteiger partial charge in [0.2, 0.25) is 5.91 Å². The average molecular weight is 338 g/mol. The monoisotopic (exact) mass is 338 g/mol. The van der Waals surface area contributed by atoms with Crippen LogP contribution in [0, 0.1) is 5.92 Å². The second-order valence-electron chi connectivity index (χ2n) is 6.86. The van der Waals surface area contributed by atoms with Gasteiger partial charge in [0.1, 0.15) is 0 Å². The number of rotatable bonds is 7. The van der Waals surface area contributed by atoms with Gasteiger partial charge < -0.3 is 20.3 Å². The Kier molecular flexibility index (Phi) is 8.36. The summed E-state index contributed by atoms with van der Waals surface area (Å²) >= 11 is 0. The third kappa shape index (κ3) is 5.96. The van der Waals surface area contributed by atoms with Gasteiger partial charge in [-0.1, -0.05) is 19.3 Å². The minimum atomic E-state index is 0.272. The summed E-state index contributed by atoms with van der Waals surface area (Å²) in [6.45, 7) is 6.07. The van der Waals surface area contributed by atoms with Gasteiger partial charge in [0.05, 0.1) is 0 Å². The Morgan fingerprint density at radius 2 is 2.04 bits per heavy atom. The molecule has 2 fully saturated rings. The minimum absolute atomic E-state index is 0.272. The van der Waals surface area contributed by atoms with Gasteiger partial charge in [-0.2, -0.15) is 0 Å². The van der Waals surface area contributed by atoms with Crippen molar-refractivity contribution in [1.29, 1.82) is 0 Å². The van der Waals surface area contributed by atoms with Gasteiger partial charge in [-0.3, -0.25) is 9.79 Å². The number of likely N-dealkylation sites (tertiary alicyclic amines) is 1. The van der Waals surface area contributed by atoms with Gasteiger partial charge in [-0.05, 0) is 32.6 Å². The van der Waals surface area contributed by atoms with Crippen LogP contribution in [-0.4, -0.2) is 62.7 Å². The normalized spacial score (nSPS) is 22.7. The molecule has 2 aliphatic rings. The van der Waals surface area contributed by atoms with Crippen LogP contribution in [0.4, 0.5) is 0 Å². The Hall–Kier alpha value is -1.30. The molecule has 0 aromatic carbocycles. The van der Waals surface area contributed by atoms with Crippen LogP contribution >= 0.6 is 0 Å². The molecule has 0 bridgehead atoms. The summed E-state index contributed by atoms with van der Waals surface area (Å²) < 4.78 is 5.06. The highest BCUT2D eigenvalue weighted by molar-refractivity contribution is 5.81. The zero-order valence-electron chi connectivity index (χ0n) is 15.4. The highest BCUT2D eigenvalue weighted by Crippen LogP contribution is 2.26. The third-order valence-corrected chi connectivity index (χ3v) is 4.92. The Balaban J connectivity index is 1.78. The second kappa shape index (κ2) is 10.5. The summed E-state index contributed by atoms with van der Waals surface area (Å²) in [7, 11) is 1.71. The van der Waals surface area contributed by atoms with E-state index in [9.17, 15) is 4.79 Å². The molecule has 2 rings (SSSR count). The molecule has 1 aliphatic heterocycles. The average Bonchev–Trinajstić information content (AvgIpc) is 3.07. The van der Waals surface area contributed by atoms with E-state index in [1.165, 1.54) is 19.3 Å². The van der Waals surface area contributed by atoms with Crippen LogP contribution in [0.25, 0.3) is 0 Å². The molecule has 1 saturated carbocycles. The number of ether oxygens (including phenoxy) is 1. The number of methoxy groups -OCH3 is 1. The van der Waals surface area contributed by atoms with Crippen LogP contribution < -0.4 is 10.6 Å². The number of guanidine groups is 1. The molecule has 1 unspecified atom stereocenters. The first-order valence-corrected chi connectivity index (χ1v) is 9.57. The molecule has 0 spiro atoms. The number of carbonyl (C=O) groups excluding carboxylic acids is 1. The smallest absolute Gasteiger partial charge is 0.225 e. The van der Waals surface area contributed by atoms with Crippen LogP contribution in [0.2, 0.25) is 0 Å². The van der Waals surface area contributed by atoms with Crippen molar-refractivity contribution in [2.75, 3.05) is 39.9 Å². The Labute approximate surface area is 146 Å².